The summed E-state index contributed by atoms with van der Waals surface area (Å²) in [4.78, 5) is 38.0. The van der Waals surface area contributed by atoms with E-state index < -0.39 is 6.10 Å². The zero-order valence-corrected chi connectivity index (χ0v) is 42.6. The quantitative estimate of drug-likeness (QED) is 0.0262. The van der Waals surface area contributed by atoms with Gasteiger partial charge in [0.1, 0.15) is 13.2 Å². The van der Waals surface area contributed by atoms with Crippen LogP contribution in [0.1, 0.15) is 201 Å². The number of allylic oxidation sites excluding steroid dienone is 24. The second-order valence-electron chi connectivity index (χ2n) is 16.7. The molecular weight excluding hydrogens is 829 g/mol. The fraction of sp³-hybridized carbons (Fsp3) is 0.557. The molecular formula is C61H94O6. The van der Waals surface area contributed by atoms with Gasteiger partial charge in [0.05, 0.1) is 0 Å². The van der Waals surface area contributed by atoms with Crippen LogP contribution in [0.2, 0.25) is 0 Å². The number of rotatable bonds is 45. The van der Waals surface area contributed by atoms with E-state index in [4.69, 9.17) is 14.2 Å². The molecule has 0 rings (SSSR count). The summed E-state index contributed by atoms with van der Waals surface area (Å²) in [5.41, 5.74) is 0. The molecule has 0 heterocycles. The largest absolute Gasteiger partial charge is 0.462 e. The molecule has 0 saturated heterocycles. The van der Waals surface area contributed by atoms with Crippen molar-refractivity contribution in [3.05, 3.63) is 146 Å². The first kappa shape index (κ1) is 62.3. The van der Waals surface area contributed by atoms with Gasteiger partial charge in [-0.1, -0.05) is 199 Å². The van der Waals surface area contributed by atoms with E-state index in [1.165, 1.54) is 25.7 Å². The third-order valence-electron chi connectivity index (χ3n) is 10.3. The Morgan fingerprint density at radius 1 is 0.313 bits per heavy atom. The van der Waals surface area contributed by atoms with E-state index in [9.17, 15) is 14.4 Å². The second kappa shape index (κ2) is 53.9. The lowest BCUT2D eigenvalue weighted by molar-refractivity contribution is -0.167. The van der Waals surface area contributed by atoms with Crippen molar-refractivity contribution in [3.63, 3.8) is 0 Å². The molecule has 0 aliphatic heterocycles. The molecule has 374 valence electrons. The Balaban J connectivity index is 4.62. The van der Waals surface area contributed by atoms with Crippen LogP contribution in [-0.2, 0) is 28.6 Å². The van der Waals surface area contributed by atoms with E-state index in [0.29, 0.717) is 12.8 Å². The lowest BCUT2D eigenvalue weighted by atomic mass is 10.1. The van der Waals surface area contributed by atoms with Gasteiger partial charge in [-0.25, -0.2) is 0 Å². The van der Waals surface area contributed by atoms with Crippen molar-refractivity contribution in [1.82, 2.24) is 0 Å². The summed E-state index contributed by atoms with van der Waals surface area (Å²) in [6, 6.07) is 0. The highest BCUT2D eigenvalue weighted by Crippen LogP contribution is 2.11. The molecule has 0 fully saturated rings. The number of unbranched alkanes of at least 4 members (excludes halogenated alkanes) is 10. The molecule has 0 unspecified atom stereocenters. The predicted molar refractivity (Wildman–Crippen MR) is 288 cm³/mol. The van der Waals surface area contributed by atoms with Gasteiger partial charge in [-0.15, -0.1) is 0 Å². The maximum absolute atomic E-state index is 12.8. The number of carbonyl (C=O) groups is 3. The van der Waals surface area contributed by atoms with Crippen LogP contribution >= 0.6 is 0 Å². The van der Waals surface area contributed by atoms with Crippen LogP contribution in [0.25, 0.3) is 0 Å². The van der Waals surface area contributed by atoms with Crippen LogP contribution in [0.4, 0.5) is 0 Å². The summed E-state index contributed by atoms with van der Waals surface area (Å²) in [6.07, 6.45) is 77.0. The first-order valence-electron chi connectivity index (χ1n) is 26.3. The van der Waals surface area contributed by atoms with Crippen molar-refractivity contribution in [2.45, 2.75) is 207 Å². The third-order valence-corrected chi connectivity index (χ3v) is 10.3. The van der Waals surface area contributed by atoms with Gasteiger partial charge in [-0.2, -0.15) is 0 Å². The lowest BCUT2D eigenvalue weighted by Crippen LogP contribution is -2.30. The zero-order chi connectivity index (χ0) is 48.6. The van der Waals surface area contributed by atoms with Gasteiger partial charge in [0.25, 0.3) is 0 Å². The molecule has 0 spiro atoms. The molecule has 6 nitrogen and oxygen atoms in total. The summed E-state index contributed by atoms with van der Waals surface area (Å²) < 4.78 is 16.7. The van der Waals surface area contributed by atoms with Crippen LogP contribution in [0.15, 0.2) is 146 Å². The monoisotopic (exact) mass is 923 g/mol. The molecule has 0 bridgehead atoms. The maximum Gasteiger partial charge on any atom is 0.306 e. The van der Waals surface area contributed by atoms with Crippen LogP contribution in [0.5, 0.6) is 0 Å². The number of carbonyl (C=O) groups excluding carboxylic acids is 3. The van der Waals surface area contributed by atoms with Gasteiger partial charge in [0.15, 0.2) is 6.10 Å². The Morgan fingerprint density at radius 2 is 0.597 bits per heavy atom. The Hall–Kier alpha value is -4.71. The molecule has 0 radical (unpaired) electrons. The van der Waals surface area contributed by atoms with E-state index in [-0.39, 0.29) is 50.4 Å². The van der Waals surface area contributed by atoms with Gasteiger partial charge in [0, 0.05) is 19.3 Å². The summed E-state index contributed by atoms with van der Waals surface area (Å²) in [5, 5.41) is 0. The maximum atomic E-state index is 12.8. The molecule has 0 aromatic heterocycles. The highest BCUT2D eigenvalue weighted by molar-refractivity contribution is 5.71. The average molecular weight is 923 g/mol. The van der Waals surface area contributed by atoms with E-state index in [1.807, 2.05) is 0 Å². The minimum absolute atomic E-state index is 0.137. The minimum Gasteiger partial charge on any atom is -0.462 e. The topological polar surface area (TPSA) is 78.9 Å². The molecule has 6 heteroatoms. The zero-order valence-electron chi connectivity index (χ0n) is 42.6. The fourth-order valence-electron chi connectivity index (χ4n) is 6.42. The number of ether oxygens (including phenoxy) is 3. The van der Waals surface area contributed by atoms with E-state index in [0.717, 1.165) is 122 Å². The highest BCUT2D eigenvalue weighted by atomic mass is 16.6. The Labute approximate surface area is 410 Å². The molecule has 0 aromatic rings. The highest BCUT2D eigenvalue weighted by Gasteiger charge is 2.19. The van der Waals surface area contributed by atoms with Gasteiger partial charge in [-0.3, -0.25) is 14.4 Å². The standard InChI is InChI=1S/C61H94O6/c1-4-7-10-13-16-19-22-25-28-30-33-35-38-41-44-47-50-53-59(62)65-56-58(67-61(64)55-52-49-46-43-40-37-32-27-24-21-18-15-12-9-6-3)57-66-60(63)54-51-48-45-42-39-36-34-31-29-26-23-20-17-14-11-8-5-2/h7,9-10,12,16-21,25-29,32-36,41-42,44-45,58H,4-6,8,11,13-15,22-24,30-31,37-40,43,46-57H2,1-3H3/t58-/m0/s1. The van der Waals surface area contributed by atoms with Crippen molar-refractivity contribution in [1.29, 1.82) is 0 Å². The van der Waals surface area contributed by atoms with Crippen molar-refractivity contribution >= 4 is 17.9 Å². The van der Waals surface area contributed by atoms with E-state index >= 15 is 0 Å². The van der Waals surface area contributed by atoms with Gasteiger partial charge < -0.3 is 14.2 Å². The van der Waals surface area contributed by atoms with Crippen LogP contribution in [0.3, 0.4) is 0 Å². The van der Waals surface area contributed by atoms with Crippen LogP contribution < -0.4 is 0 Å². The van der Waals surface area contributed by atoms with E-state index in [2.05, 4.69) is 167 Å². The van der Waals surface area contributed by atoms with Crippen molar-refractivity contribution in [2.24, 2.45) is 0 Å². The molecule has 1 atom stereocenters. The summed E-state index contributed by atoms with van der Waals surface area (Å²) >= 11 is 0. The Kier molecular flexibility index (Phi) is 50.1. The molecule has 0 aromatic carbocycles. The fourth-order valence-corrected chi connectivity index (χ4v) is 6.42. The summed E-state index contributed by atoms with van der Waals surface area (Å²) in [6.45, 7) is 6.25. The molecule has 0 N–H and O–H groups in total. The van der Waals surface area contributed by atoms with Crippen molar-refractivity contribution in [3.8, 4) is 0 Å². The van der Waals surface area contributed by atoms with Gasteiger partial charge >= 0.3 is 17.9 Å². The molecule has 0 saturated carbocycles. The van der Waals surface area contributed by atoms with Crippen molar-refractivity contribution < 1.29 is 28.6 Å². The third kappa shape index (κ3) is 52.1. The van der Waals surface area contributed by atoms with Gasteiger partial charge in [0.2, 0.25) is 0 Å². The minimum atomic E-state index is -0.839. The normalized spacial score (nSPS) is 13.3. The van der Waals surface area contributed by atoms with Gasteiger partial charge in [-0.05, 0) is 128 Å². The van der Waals surface area contributed by atoms with Crippen LogP contribution in [0, 0.1) is 0 Å². The van der Waals surface area contributed by atoms with Crippen molar-refractivity contribution in [2.75, 3.05) is 13.2 Å². The predicted octanol–water partition coefficient (Wildman–Crippen LogP) is 17.6. The first-order valence-corrected chi connectivity index (χ1v) is 26.3. The van der Waals surface area contributed by atoms with E-state index in [1.54, 1.807) is 0 Å². The SMILES string of the molecule is CCC=CCC=CCC=CCC=CCC=CCCCC(=O)OC[C@@H](COC(=O)CCCC=CCC=CCC=CCC=CCCCCC)OC(=O)CCCCCCCC=CCC=CCC=CCC. The second-order valence-corrected chi connectivity index (χ2v) is 16.7. The molecule has 0 aliphatic carbocycles. The number of hydrogen-bond acceptors (Lipinski definition) is 6. The Bertz CT molecular complexity index is 1530. The molecule has 67 heavy (non-hydrogen) atoms. The summed E-state index contributed by atoms with van der Waals surface area (Å²) in [7, 11) is 0. The first-order chi connectivity index (χ1) is 33.0. The molecule has 0 aliphatic rings. The smallest absolute Gasteiger partial charge is 0.306 e. The van der Waals surface area contributed by atoms with Crippen LogP contribution in [-0.4, -0.2) is 37.2 Å². The molecule has 0 amide bonds. The average Bonchev–Trinajstić information content (AvgIpc) is 3.33. The lowest BCUT2D eigenvalue weighted by Gasteiger charge is -2.18. The Morgan fingerprint density at radius 3 is 0.955 bits per heavy atom. The summed E-state index contributed by atoms with van der Waals surface area (Å²) in [5.74, 6) is -1.08. The number of hydrogen-bond donors (Lipinski definition) is 0. The number of esters is 3.